The molecule has 0 radical (unpaired) electrons. The monoisotopic (exact) mass is 248 g/mol. The van der Waals surface area contributed by atoms with E-state index in [2.05, 4.69) is 5.32 Å². The predicted octanol–water partition coefficient (Wildman–Crippen LogP) is -0.337. The van der Waals surface area contributed by atoms with E-state index in [0.29, 0.717) is 0 Å². The van der Waals surface area contributed by atoms with Crippen LogP contribution in [0.4, 0.5) is 0 Å². The van der Waals surface area contributed by atoms with Gasteiger partial charge in [-0.3, -0.25) is 4.79 Å². The zero-order valence-corrected chi connectivity index (χ0v) is 10.8. The minimum absolute atomic E-state index is 0.0561. The average Bonchev–Trinajstić information content (AvgIpc) is 2.80. The Morgan fingerprint density at radius 2 is 2.06 bits per heavy atom. The summed E-state index contributed by atoms with van der Waals surface area (Å²) in [7, 11) is -3.07. The van der Waals surface area contributed by atoms with Crippen LogP contribution in [0.25, 0.3) is 0 Å². The number of rotatable bonds is 5. The molecule has 1 rings (SSSR count). The fourth-order valence-corrected chi connectivity index (χ4v) is 2.74. The highest BCUT2D eigenvalue weighted by Crippen LogP contribution is 2.38. The SMILES string of the molecule is CC(CS(C)(=O)=O)NC(=O)C(C)(N)C1CC1. The Labute approximate surface area is 96.7 Å². The highest BCUT2D eigenvalue weighted by Gasteiger charge is 2.44. The number of hydrogen-bond acceptors (Lipinski definition) is 4. The number of carbonyl (C=O) groups excluding carboxylic acids is 1. The van der Waals surface area contributed by atoms with Gasteiger partial charge in [0.25, 0.3) is 0 Å². The molecule has 5 nitrogen and oxygen atoms in total. The standard InChI is InChI=1S/C10H20N2O3S/c1-7(6-16(3,14)15)12-9(13)10(2,11)8-4-5-8/h7-8H,4-6,11H2,1-3H3,(H,12,13). The molecule has 1 fully saturated rings. The number of hydrogen-bond donors (Lipinski definition) is 2. The van der Waals surface area contributed by atoms with Crippen LogP contribution in [0.1, 0.15) is 26.7 Å². The first-order valence-corrected chi connectivity index (χ1v) is 7.46. The lowest BCUT2D eigenvalue weighted by molar-refractivity contribution is -0.127. The lowest BCUT2D eigenvalue weighted by Crippen LogP contribution is -2.56. The zero-order chi connectivity index (χ0) is 12.6. The lowest BCUT2D eigenvalue weighted by Gasteiger charge is -2.25. The quantitative estimate of drug-likeness (QED) is 0.697. The van der Waals surface area contributed by atoms with E-state index in [-0.39, 0.29) is 17.6 Å². The van der Waals surface area contributed by atoms with Crippen molar-refractivity contribution < 1.29 is 13.2 Å². The largest absolute Gasteiger partial charge is 0.351 e. The fourth-order valence-electron chi connectivity index (χ4n) is 1.74. The van der Waals surface area contributed by atoms with Crippen LogP contribution in [-0.2, 0) is 14.6 Å². The van der Waals surface area contributed by atoms with Crippen molar-refractivity contribution in [2.24, 2.45) is 11.7 Å². The van der Waals surface area contributed by atoms with Gasteiger partial charge in [-0.2, -0.15) is 0 Å². The van der Waals surface area contributed by atoms with Crippen LogP contribution in [0.2, 0.25) is 0 Å². The first-order valence-electron chi connectivity index (χ1n) is 5.40. The molecule has 16 heavy (non-hydrogen) atoms. The Morgan fingerprint density at radius 1 is 1.56 bits per heavy atom. The summed E-state index contributed by atoms with van der Waals surface area (Å²) in [6, 6.07) is -0.399. The van der Waals surface area contributed by atoms with Crippen LogP contribution in [0, 0.1) is 5.92 Å². The third-order valence-corrected chi connectivity index (χ3v) is 3.95. The van der Waals surface area contributed by atoms with Gasteiger partial charge >= 0.3 is 0 Å². The Kier molecular flexibility index (Phi) is 3.64. The third kappa shape index (κ3) is 3.75. The lowest BCUT2D eigenvalue weighted by atomic mass is 9.96. The summed E-state index contributed by atoms with van der Waals surface area (Å²) in [5.41, 5.74) is 5.05. The van der Waals surface area contributed by atoms with Crippen LogP contribution in [-0.4, -0.2) is 37.9 Å². The van der Waals surface area contributed by atoms with Crippen molar-refractivity contribution in [1.82, 2.24) is 5.32 Å². The molecule has 2 unspecified atom stereocenters. The highest BCUT2D eigenvalue weighted by molar-refractivity contribution is 7.90. The van der Waals surface area contributed by atoms with Gasteiger partial charge in [-0.25, -0.2) is 8.42 Å². The summed E-state index contributed by atoms with van der Waals surface area (Å²) in [4.78, 5) is 11.8. The summed E-state index contributed by atoms with van der Waals surface area (Å²) in [6.07, 6.45) is 3.10. The molecule has 0 aromatic rings. The Bertz CT molecular complexity index is 372. The van der Waals surface area contributed by atoms with E-state index >= 15 is 0 Å². The van der Waals surface area contributed by atoms with E-state index in [0.717, 1.165) is 19.1 Å². The van der Waals surface area contributed by atoms with Gasteiger partial charge in [-0.15, -0.1) is 0 Å². The molecule has 2 atom stereocenters. The van der Waals surface area contributed by atoms with Crippen LogP contribution >= 0.6 is 0 Å². The van der Waals surface area contributed by atoms with Crippen molar-refractivity contribution >= 4 is 15.7 Å². The molecule has 1 amide bonds. The Morgan fingerprint density at radius 3 is 2.44 bits per heavy atom. The van der Waals surface area contributed by atoms with Crippen LogP contribution < -0.4 is 11.1 Å². The molecular formula is C10H20N2O3S. The van der Waals surface area contributed by atoms with Gasteiger partial charge in [0.15, 0.2) is 0 Å². The normalized spacial score (nSPS) is 22.2. The minimum atomic E-state index is -3.07. The van der Waals surface area contributed by atoms with E-state index in [9.17, 15) is 13.2 Å². The van der Waals surface area contributed by atoms with Crippen LogP contribution in [0.3, 0.4) is 0 Å². The molecule has 0 bridgehead atoms. The molecule has 0 spiro atoms. The van der Waals surface area contributed by atoms with Crippen molar-refractivity contribution in [3.8, 4) is 0 Å². The van der Waals surface area contributed by atoms with Gasteiger partial charge in [0.1, 0.15) is 9.84 Å². The molecule has 0 heterocycles. The fraction of sp³-hybridized carbons (Fsp3) is 0.900. The maximum atomic E-state index is 11.8. The van der Waals surface area contributed by atoms with Gasteiger partial charge in [0, 0.05) is 12.3 Å². The second-order valence-electron chi connectivity index (χ2n) is 5.02. The molecule has 94 valence electrons. The molecule has 0 aliphatic heterocycles. The van der Waals surface area contributed by atoms with Gasteiger partial charge in [0.05, 0.1) is 11.3 Å². The number of nitrogens with one attached hydrogen (secondary N) is 1. The van der Waals surface area contributed by atoms with Crippen molar-refractivity contribution in [1.29, 1.82) is 0 Å². The Hall–Kier alpha value is -0.620. The molecule has 1 aliphatic rings. The summed E-state index contributed by atoms with van der Waals surface area (Å²) in [6.45, 7) is 3.37. The number of carbonyl (C=O) groups is 1. The first-order chi connectivity index (χ1) is 7.13. The van der Waals surface area contributed by atoms with Crippen molar-refractivity contribution in [3.63, 3.8) is 0 Å². The van der Waals surface area contributed by atoms with E-state index in [1.165, 1.54) is 0 Å². The number of nitrogens with two attached hydrogens (primary N) is 1. The summed E-state index contributed by atoms with van der Waals surface area (Å²) < 4.78 is 22.1. The third-order valence-electron chi connectivity index (χ3n) is 2.84. The minimum Gasteiger partial charge on any atom is -0.351 e. The highest BCUT2D eigenvalue weighted by atomic mass is 32.2. The van der Waals surface area contributed by atoms with Crippen molar-refractivity contribution in [3.05, 3.63) is 0 Å². The molecule has 0 aromatic carbocycles. The van der Waals surface area contributed by atoms with E-state index < -0.39 is 21.4 Å². The second kappa shape index (κ2) is 4.33. The summed E-state index contributed by atoms with van der Waals surface area (Å²) in [5, 5.41) is 2.65. The molecule has 3 N–H and O–H groups in total. The smallest absolute Gasteiger partial charge is 0.240 e. The maximum absolute atomic E-state index is 11.8. The van der Waals surface area contributed by atoms with E-state index in [4.69, 9.17) is 5.73 Å². The molecule has 0 saturated heterocycles. The van der Waals surface area contributed by atoms with Crippen molar-refractivity contribution in [2.75, 3.05) is 12.0 Å². The van der Waals surface area contributed by atoms with Gasteiger partial charge in [0.2, 0.25) is 5.91 Å². The zero-order valence-electron chi connectivity index (χ0n) is 9.99. The van der Waals surface area contributed by atoms with Gasteiger partial charge in [-0.05, 0) is 32.6 Å². The summed E-state index contributed by atoms with van der Waals surface area (Å²) >= 11 is 0. The first kappa shape index (κ1) is 13.4. The Balaban J connectivity index is 2.51. The number of sulfone groups is 1. The van der Waals surface area contributed by atoms with Crippen molar-refractivity contribution in [2.45, 2.75) is 38.3 Å². The molecule has 1 aliphatic carbocycles. The van der Waals surface area contributed by atoms with Gasteiger partial charge in [-0.1, -0.05) is 0 Å². The molecule has 1 saturated carbocycles. The maximum Gasteiger partial charge on any atom is 0.240 e. The predicted molar refractivity (Wildman–Crippen MR) is 62.6 cm³/mol. The van der Waals surface area contributed by atoms with E-state index in [1.54, 1.807) is 13.8 Å². The molecule has 0 aromatic heterocycles. The van der Waals surface area contributed by atoms with Crippen LogP contribution in [0.5, 0.6) is 0 Å². The van der Waals surface area contributed by atoms with Crippen LogP contribution in [0.15, 0.2) is 0 Å². The van der Waals surface area contributed by atoms with Gasteiger partial charge < -0.3 is 11.1 Å². The van der Waals surface area contributed by atoms with E-state index in [1.807, 2.05) is 0 Å². The number of amides is 1. The second-order valence-corrected chi connectivity index (χ2v) is 7.21. The molecule has 6 heteroatoms. The molecular weight excluding hydrogens is 228 g/mol. The topological polar surface area (TPSA) is 89.3 Å². The average molecular weight is 248 g/mol. The summed E-state index contributed by atoms with van der Waals surface area (Å²) in [5.74, 6) is -0.0801.